The Morgan fingerprint density at radius 1 is 1.07 bits per heavy atom. The zero-order valence-corrected chi connectivity index (χ0v) is 21.8. The first-order chi connectivity index (χ1) is 19.9. The largest absolute Gasteiger partial charge is 0.466 e. The normalized spacial score (nSPS) is 20.4. The molecule has 4 aromatic heterocycles. The monoisotopic (exact) mass is 571 g/mol. The number of rotatable bonds is 4. The van der Waals surface area contributed by atoms with Gasteiger partial charge in [-0.25, -0.2) is 9.97 Å². The third-order valence-corrected chi connectivity index (χ3v) is 8.28. The Balaban J connectivity index is 1.20. The Hall–Kier alpha value is -4.91. The Labute approximate surface area is 235 Å². The molecule has 6 heterocycles. The molecule has 1 saturated carbocycles. The van der Waals surface area contributed by atoms with Crippen molar-refractivity contribution in [2.24, 2.45) is 5.92 Å². The van der Waals surface area contributed by atoms with E-state index in [0.717, 1.165) is 18.5 Å². The lowest BCUT2D eigenvalue weighted by molar-refractivity contribution is -0.118. The molecule has 0 saturated heterocycles. The van der Waals surface area contributed by atoms with E-state index in [4.69, 9.17) is 16.3 Å². The molecular weight excluding hydrogens is 553 g/mol. The summed E-state index contributed by atoms with van der Waals surface area (Å²) in [5.74, 6) is -0.247. The number of benzene rings is 1. The minimum atomic E-state index is -0.730. The van der Waals surface area contributed by atoms with E-state index in [1.54, 1.807) is 41.0 Å². The van der Waals surface area contributed by atoms with Crippen molar-refractivity contribution in [1.82, 2.24) is 39.7 Å². The number of imidazole rings is 1. The minimum Gasteiger partial charge on any atom is -0.466 e. The van der Waals surface area contributed by atoms with Crippen LogP contribution in [0.1, 0.15) is 36.3 Å². The molecule has 1 aliphatic carbocycles. The average Bonchev–Trinajstić information content (AvgIpc) is 3.65. The summed E-state index contributed by atoms with van der Waals surface area (Å²) in [4.78, 5) is 37.0. The van der Waals surface area contributed by atoms with Crippen molar-refractivity contribution in [3.8, 4) is 34.1 Å². The number of anilines is 1. The molecule has 3 aliphatic rings. The van der Waals surface area contributed by atoms with Gasteiger partial charge in [0, 0.05) is 28.3 Å². The van der Waals surface area contributed by atoms with Crippen LogP contribution in [-0.4, -0.2) is 52.2 Å². The number of aromatic amines is 1. The summed E-state index contributed by atoms with van der Waals surface area (Å²) in [5.41, 5.74) is 3.50. The number of fused-ring (bicyclic) bond motifs is 4. The summed E-state index contributed by atoms with van der Waals surface area (Å²) < 4.78 is 23.9. The van der Waals surface area contributed by atoms with E-state index in [1.807, 2.05) is 6.07 Å². The third kappa shape index (κ3) is 3.69. The molecule has 3 atom stereocenters. The van der Waals surface area contributed by atoms with Gasteiger partial charge in [-0.3, -0.25) is 9.59 Å². The Morgan fingerprint density at radius 3 is 2.78 bits per heavy atom. The van der Waals surface area contributed by atoms with Gasteiger partial charge in [0.05, 0.1) is 17.4 Å². The molecule has 204 valence electrons. The second-order valence-corrected chi connectivity index (χ2v) is 10.7. The number of aromatic nitrogens is 8. The molecule has 0 radical (unpaired) electrons. The summed E-state index contributed by atoms with van der Waals surface area (Å²) in [6.45, 7) is -0.167. The van der Waals surface area contributed by atoms with Crippen molar-refractivity contribution >= 4 is 23.2 Å². The molecule has 1 amide bonds. The number of nitrogens with zero attached hydrogens (tertiary/aromatic N) is 7. The average molecular weight is 572 g/mol. The molecule has 5 aromatic rings. The number of halogens is 2. The highest BCUT2D eigenvalue weighted by atomic mass is 35.5. The maximum atomic E-state index is 15.3. The van der Waals surface area contributed by atoms with Crippen LogP contribution < -0.4 is 15.6 Å². The summed E-state index contributed by atoms with van der Waals surface area (Å²) >= 11 is 6.34. The predicted molar refractivity (Wildman–Crippen MR) is 143 cm³/mol. The van der Waals surface area contributed by atoms with Crippen molar-refractivity contribution in [2.75, 3.05) is 11.9 Å². The fourth-order valence-corrected chi connectivity index (χ4v) is 6.29. The molecule has 1 fully saturated rings. The van der Waals surface area contributed by atoms with Gasteiger partial charge in [-0.2, -0.15) is 9.07 Å². The highest BCUT2D eigenvalue weighted by Gasteiger charge is 2.49. The quantitative estimate of drug-likeness (QED) is 0.333. The number of tetrazole rings is 1. The Morgan fingerprint density at radius 2 is 1.98 bits per heavy atom. The van der Waals surface area contributed by atoms with E-state index in [-0.39, 0.29) is 47.2 Å². The number of ether oxygens (including phenoxy) is 1. The predicted octanol–water partition coefficient (Wildman–Crippen LogP) is 3.50. The van der Waals surface area contributed by atoms with E-state index in [0.29, 0.717) is 33.3 Å². The van der Waals surface area contributed by atoms with Crippen LogP contribution in [0.2, 0.25) is 5.02 Å². The van der Waals surface area contributed by atoms with Gasteiger partial charge in [0.2, 0.25) is 11.8 Å². The number of hydrogen-bond donors (Lipinski definition) is 2. The number of pyridine rings is 2. The van der Waals surface area contributed by atoms with E-state index < -0.39 is 12.0 Å². The summed E-state index contributed by atoms with van der Waals surface area (Å²) in [5, 5.41) is 14.6. The van der Waals surface area contributed by atoms with Gasteiger partial charge in [0.15, 0.2) is 6.61 Å². The molecule has 41 heavy (non-hydrogen) atoms. The number of carbonyl (C=O) groups is 1. The lowest BCUT2D eigenvalue weighted by Gasteiger charge is -2.32. The summed E-state index contributed by atoms with van der Waals surface area (Å²) in [7, 11) is 0. The van der Waals surface area contributed by atoms with E-state index in [9.17, 15) is 9.59 Å². The van der Waals surface area contributed by atoms with Crippen LogP contribution in [0.15, 0.2) is 53.6 Å². The lowest BCUT2D eigenvalue weighted by atomic mass is 9.71. The standard InChI is InChI=1S/C27H19ClFN9O3/c28-13-1-6-19(37-11-30-35-36-37)16(9-13)12-7-20-14-2-3-15(14)24(38(20)22(40)8-12)26-33-23(25(29)34-26)17-4-5-18-27(32-17)41-10-21(39)31-18/h1,4-9,11,14-15,24H,2-3,10H2,(H,31,39)(H,33,34)/t14-,15+,24+/m1/s1. The zero-order chi connectivity index (χ0) is 27.8. The molecule has 1 aromatic carbocycles. The molecule has 0 spiro atoms. The SMILES string of the molecule is O=C1COc2nc(-c3[nH]c([C@@H]4[C@H]5CC[C@H]5c5cc(-c6cc(Cl)ccc6-n6cnnn6)cc(=O)n54)nc3F)ccc2N1. The van der Waals surface area contributed by atoms with Crippen LogP contribution in [-0.2, 0) is 4.79 Å². The number of hydrogen-bond acceptors (Lipinski definition) is 8. The number of nitrogens with one attached hydrogen (secondary N) is 2. The Bertz CT molecular complexity index is 1940. The van der Waals surface area contributed by atoms with Gasteiger partial charge in [0.25, 0.3) is 11.5 Å². The lowest BCUT2D eigenvalue weighted by Crippen LogP contribution is -2.28. The first kappa shape index (κ1) is 23.9. The fourth-order valence-electron chi connectivity index (χ4n) is 6.12. The summed E-state index contributed by atoms with van der Waals surface area (Å²) in [6.07, 6.45) is 3.26. The van der Waals surface area contributed by atoms with Crippen molar-refractivity contribution in [2.45, 2.75) is 24.8 Å². The van der Waals surface area contributed by atoms with Gasteiger partial charge >= 0.3 is 0 Å². The highest BCUT2D eigenvalue weighted by molar-refractivity contribution is 6.31. The zero-order valence-electron chi connectivity index (χ0n) is 21.1. The van der Waals surface area contributed by atoms with Gasteiger partial charge in [-0.1, -0.05) is 11.6 Å². The van der Waals surface area contributed by atoms with Crippen molar-refractivity contribution in [3.05, 3.63) is 81.6 Å². The van der Waals surface area contributed by atoms with Crippen LogP contribution in [0, 0.1) is 11.9 Å². The number of H-pyrrole nitrogens is 1. The second-order valence-electron chi connectivity index (χ2n) is 10.3. The summed E-state index contributed by atoms with van der Waals surface area (Å²) in [6, 6.07) is 11.6. The molecule has 14 heteroatoms. The van der Waals surface area contributed by atoms with Gasteiger partial charge in [0.1, 0.15) is 23.5 Å². The molecule has 0 unspecified atom stereocenters. The van der Waals surface area contributed by atoms with Crippen LogP contribution in [0.25, 0.3) is 28.2 Å². The molecule has 2 N–H and O–H groups in total. The van der Waals surface area contributed by atoms with Crippen LogP contribution in [0.5, 0.6) is 5.88 Å². The first-order valence-corrected chi connectivity index (χ1v) is 13.3. The molecule has 12 nitrogen and oxygen atoms in total. The number of amides is 1. The van der Waals surface area contributed by atoms with Crippen molar-refractivity contribution in [3.63, 3.8) is 0 Å². The molecule has 2 aliphatic heterocycles. The van der Waals surface area contributed by atoms with Gasteiger partial charge in [-0.05, 0) is 71.1 Å². The van der Waals surface area contributed by atoms with E-state index in [2.05, 4.69) is 35.8 Å². The smallest absolute Gasteiger partial charge is 0.262 e. The molecular formula is C27H19ClFN9O3. The third-order valence-electron chi connectivity index (χ3n) is 8.04. The van der Waals surface area contributed by atoms with Gasteiger partial charge in [-0.15, -0.1) is 5.10 Å². The van der Waals surface area contributed by atoms with Crippen molar-refractivity contribution < 1.29 is 13.9 Å². The Kier molecular flexibility index (Phi) is 5.13. The highest BCUT2D eigenvalue weighted by Crippen LogP contribution is 2.55. The first-order valence-electron chi connectivity index (χ1n) is 12.9. The van der Waals surface area contributed by atoms with E-state index >= 15 is 4.39 Å². The minimum absolute atomic E-state index is 0.0855. The fraction of sp³-hybridized carbons (Fsp3) is 0.222. The van der Waals surface area contributed by atoms with E-state index in [1.165, 1.54) is 11.0 Å². The van der Waals surface area contributed by atoms with Crippen molar-refractivity contribution in [1.29, 1.82) is 0 Å². The van der Waals surface area contributed by atoms with Crippen LogP contribution in [0.4, 0.5) is 10.1 Å². The van der Waals surface area contributed by atoms with Crippen LogP contribution >= 0.6 is 11.6 Å². The molecule has 8 rings (SSSR count). The molecule has 0 bridgehead atoms. The van der Waals surface area contributed by atoms with Crippen LogP contribution in [0.3, 0.4) is 0 Å². The maximum Gasteiger partial charge on any atom is 0.262 e. The number of carbonyl (C=O) groups excluding carboxylic acids is 1. The second kappa shape index (κ2) is 8.80. The maximum absolute atomic E-state index is 15.3. The topological polar surface area (TPSA) is 146 Å². The van der Waals surface area contributed by atoms with Gasteiger partial charge < -0.3 is 19.6 Å².